The molecule has 6 rings (SSSR count). The van der Waals surface area contributed by atoms with Gasteiger partial charge in [-0.2, -0.15) is 0 Å². The van der Waals surface area contributed by atoms with Gasteiger partial charge in [-0.1, -0.05) is 0 Å². The van der Waals surface area contributed by atoms with Gasteiger partial charge in [-0.05, 0) is 0 Å². The molecule has 0 amide bonds. The van der Waals surface area contributed by atoms with Crippen LogP contribution >= 0.6 is 8.58 Å². The summed E-state index contributed by atoms with van der Waals surface area (Å²) >= 11 is -0.343. The van der Waals surface area contributed by atoms with Crippen molar-refractivity contribution in [2.75, 3.05) is 0 Å². The van der Waals surface area contributed by atoms with Crippen LogP contribution in [0.3, 0.4) is 0 Å². The fourth-order valence-corrected chi connectivity index (χ4v) is 9.22. The number of benzene rings is 4. The molecule has 0 aromatic heterocycles. The largest absolute Gasteiger partial charge is 1.00 e. The Labute approximate surface area is 204 Å². The van der Waals surface area contributed by atoms with Crippen LogP contribution in [0.4, 0.5) is 0 Å². The normalized spacial score (nSPS) is 15.4. The zero-order chi connectivity index (χ0) is 20.8. The average Bonchev–Trinajstić information content (AvgIpc) is 3.32. The molecular weight excluding hydrogens is 465 g/mol. The fourth-order valence-electron chi connectivity index (χ4n) is 5.03. The quantitative estimate of drug-likeness (QED) is 0.255. The van der Waals surface area contributed by atoms with Gasteiger partial charge < -0.3 is 9.41 Å². The van der Waals surface area contributed by atoms with Crippen LogP contribution in [-0.2, 0) is 25.6 Å². The van der Waals surface area contributed by atoms with Crippen molar-refractivity contribution in [2.45, 2.75) is 17.6 Å². The standard InChI is InChI=1S/C16H14P.C13H9.2FH.Ti/c1-12-11-13-7-5-6-10-15(13)16(12)17-14-8-3-2-4-9-14;1-3-7-12-10(5-1)9-11-6-2-4-8-13(11)12;;;/h2-11,17H,1H3;1-5,7-8H,9H2;2*1H;/q;;;;+2/p-2. The van der Waals surface area contributed by atoms with Gasteiger partial charge in [0.25, 0.3) is 0 Å². The van der Waals surface area contributed by atoms with E-state index in [1.165, 1.54) is 27.6 Å². The monoisotopic (exact) mass is 488 g/mol. The Morgan fingerprint density at radius 1 is 0.697 bits per heavy atom. The van der Waals surface area contributed by atoms with Crippen LogP contribution < -0.4 is 18.6 Å². The number of fused-ring (bicyclic) bond motifs is 4. The van der Waals surface area contributed by atoms with Gasteiger partial charge in [-0.25, -0.2) is 0 Å². The summed E-state index contributed by atoms with van der Waals surface area (Å²) in [7, 11) is 0.733. The maximum atomic E-state index is 2.41. The van der Waals surface area contributed by atoms with Gasteiger partial charge in [-0.15, -0.1) is 0 Å². The molecule has 2 unspecified atom stereocenters. The molecular formula is C29H23F2PTi. The first-order valence-electron chi connectivity index (χ1n) is 10.9. The molecule has 0 aliphatic heterocycles. The molecule has 2 atom stereocenters. The zero-order valence-electron chi connectivity index (χ0n) is 18.3. The number of halogens is 2. The molecule has 2 aliphatic carbocycles. The summed E-state index contributed by atoms with van der Waals surface area (Å²) in [4.78, 5) is 0. The Hall–Kier alpha value is -2.38. The maximum absolute atomic E-state index is 2.41. The second-order valence-corrected chi connectivity index (χ2v) is 11.9. The zero-order valence-corrected chi connectivity index (χ0v) is 20.8. The van der Waals surface area contributed by atoms with Crippen LogP contribution in [0.5, 0.6) is 0 Å². The van der Waals surface area contributed by atoms with Crippen molar-refractivity contribution >= 4 is 23.1 Å². The van der Waals surface area contributed by atoms with E-state index in [-0.39, 0.29) is 28.6 Å². The molecule has 0 heterocycles. The molecule has 0 N–H and O–H groups in total. The van der Waals surface area contributed by atoms with Gasteiger partial charge >= 0.3 is 196 Å². The number of rotatable bonds is 4. The van der Waals surface area contributed by atoms with Gasteiger partial charge in [0.15, 0.2) is 0 Å². The Balaban J connectivity index is 0.00000130. The van der Waals surface area contributed by atoms with E-state index in [1.54, 1.807) is 25.9 Å². The van der Waals surface area contributed by atoms with Crippen molar-refractivity contribution in [3.05, 3.63) is 125 Å². The molecule has 0 nitrogen and oxygen atoms in total. The topological polar surface area (TPSA) is 0 Å². The second kappa shape index (κ2) is 9.86. The molecule has 0 saturated carbocycles. The van der Waals surface area contributed by atoms with Crippen molar-refractivity contribution < 1.29 is 28.6 Å². The third kappa shape index (κ3) is 4.17. The minimum Gasteiger partial charge on any atom is -1.00 e. The summed E-state index contributed by atoms with van der Waals surface area (Å²) in [6, 6.07) is 36.1. The molecule has 0 spiro atoms. The Bertz CT molecular complexity index is 1330. The summed E-state index contributed by atoms with van der Waals surface area (Å²) in [6.45, 7) is 2.40. The maximum Gasteiger partial charge on any atom is -1.00 e. The van der Waals surface area contributed by atoms with Crippen molar-refractivity contribution in [2.24, 2.45) is 0 Å². The van der Waals surface area contributed by atoms with Gasteiger partial charge in [0, 0.05) is 0 Å². The molecule has 0 radical (unpaired) electrons. The van der Waals surface area contributed by atoms with Crippen molar-refractivity contribution in [3.8, 4) is 11.1 Å². The van der Waals surface area contributed by atoms with Crippen LogP contribution in [0.25, 0.3) is 16.4 Å². The van der Waals surface area contributed by atoms with Gasteiger partial charge in [-0.3, -0.25) is 0 Å². The summed E-state index contributed by atoms with van der Waals surface area (Å²) in [5.41, 5.74) is 10.7. The predicted molar refractivity (Wildman–Crippen MR) is 130 cm³/mol. The van der Waals surface area contributed by atoms with Crippen molar-refractivity contribution in [3.63, 3.8) is 0 Å². The minimum absolute atomic E-state index is 0. The van der Waals surface area contributed by atoms with E-state index in [4.69, 9.17) is 0 Å². The first-order valence-corrected chi connectivity index (χ1v) is 13.6. The third-order valence-corrected chi connectivity index (χ3v) is 10.9. The van der Waals surface area contributed by atoms with E-state index in [2.05, 4.69) is 104 Å². The molecule has 4 aromatic carbocycles. The van der Waals surface area contributed by atoms with Gasteiger partial charge in [0.05, 0.1) is 0 Å². The Kier molecular flexibility index (Phi) is 7.10. The van der Waals surface area contributed by atoms with E-state index in [9.17, 15) is 0 Å². The predicted octanol–water partition coefficient (Wildman–Crippen LogP) is 0.464. The second-order valence-electron chi connectivity index (χ2n) is 8.38. The Morgan fingerprint density at radius 2 is 1.36 bits per heavy atom. The molecule has 2 aliphatic rings. The molecule has 0 saturated heterocycles. The van der Waals surface area contributed by atoms with E-state index >= 15 is 0 Å². The average molecular weight is 488 g/mol. The van der Waals surface area contributed by atoms with Crippen LogP contribution in [0.1, 0.15) is 33.4 Å². The van der Waals surface area contributed by atoms with Gasteiger partial charge in [0.1, 0.15) is 0 Å². The van der Waals surface area contributed by atoms with Crippen LogP contribution in [0.15, 0.2) is 103 Å². The van der Waals surface area contributed by atoms with Crippen LogP contribution in [0, 0.1) is 0 Å². The molecule has 4 heteroatoms. The van der Waals surface area contributed by atoms with Gasteiger partial charge in [0.2, 0.25) is 0 Å². The van der Waals surface area contributed by atoms with Crippen molar-refractivity contribution in [1.29, 1.82) is 0 Å². The first kappa shape index (κ1) is 23.8. The van der Waals surface area contributed by atoms with E-state index < -0.39 is 0 Å². The smallest absolute Gasteiger partial charge is 1.00 e. The number of allylic oxidation sites excluding steroid dienone is 1. The molecule has 162 valence electrons. The van der Waals surface area contributed by atoms with E-state index in [0.29, 0.717) is 4.22 Å². The Morgan fingerprint density at radius 3 is 2.18 bits per heavy atom. The summed E-state index contributed by atoms with van der Waals surface area (Å²) in [5, 5.41) is 3.01. The fraction of sp³-hybridized carbons (Fsp3) is 0.103. The molecule has 0 fully saturated rings. The summed E-state index contributed by atoms with van der Waals surface area (Å²) < 4.78 is 2.23. The van der Waals surface area contributed by atoms with Crippen molar-refractivity contribution in [1.82, 2.24) is 0 Å². The number of hydrogen-bond donors (Lipinski definition) is 0. The van der Waals surface area contributed by atoms with E-state index in [0.717, 1.165) is 15.0 Å². The molecule has 33 heavy (non-hydrogen) atoms. The summed E-state index contributed by atoms with van der Waals surface area (Å²) in [6.07, 6.45) is 1.10. The van der Waals surface area contributed by atoms with Crippen LogP contribution in [-0.4, -0.2) is 0 Å². The summed E-state index contributed by atoms with van der Waals surface area (Å²) in [5.74, 6) is 0. The first-order chi connectivity index (χ1) is 15.3. The number of hydrogen-bond acceptors (Lipinski definition) is 0. The molecule has 0 bridgehead atoms. The minimum atomic E-state index is -0.343. The van der Waals surface area contributed by atoms with E-state index in [1.807, 2.05) is 0 Å². The molecule has 4 aromatic rings. The third-order valence-electron chi connectivity index (χ3n) is 6.56. The SMILES string of the molecule is CC1=C(Pc2ccccc2)c2ccccc2[CH]1[Ti+2][c]1cccc2c1Cc1ccccc1-2.[F-].[F-]. The van der Waals surface area contributed by atoms with Crippen LogP contribution in [0.2, 0.25) is 0 Å².